The first-order valence-corrected chi connectivity index (χ1v) is 4.58. The molecule has 70 valence electrons. The third-order valence-corrected chi connectivity index (χ3v) is 1.99. The molecule has 0 atom stereocenters. The van der Waals surface area contributed by atoms with E-state index < -0.39 is 0 Å². The second-order valence-corrected chi connectivity index (χ2v) is 4.22. The summed E-state index contributed by atoms with van der Waals surface area (Å²) in [6, 6.07) is 0. The Morgan fingerprint density at radius 3 is 2.50 bits per heavy atom. The SMILES string of the molecule is C=CCCCC(C)(C)CC(C)=O. The van der Waals surface area contributed by atoms with Crippen LogP contribution in [0.25, 0.3) is 0 Å². The van der Waals surface area contributed by atoms with Crippen LogP contribution < -0.4 is 0 Å². The van der Waals surface area contributed by atoms with Crippen LogP contribution >= 0.6 is 0 Å². The summed E-state index contributed by atoms with van der Waals surface area (Å²) in [6.07, 6.45) is 5.94. The number of rotatable bonds is 6. The van der Waals surface area contributed by atoms with Gasteiger partial charge in [0.05, 0.1) is 0 Å². The van der Waals surface area contributed by atoms with Gasteiger partial charge in [0.25, 0.3) is 0 Å². The number of hydrogen-bond acceptors (Lipinski definition) is 1. The lowest BCUT2D eigenvalue weighted by atomic mass is 9.82. The molecule has 1 nitrogen and oxygen atoms in total. The van der Waals surface area contributed by atoms with Crippen LogP contribution in [-0.2, 0) is 4.79 Å². The molecule has 12 heavy (non-hydrogen) atoms. The quantitative estimate of drug-likeness (QED) is 0.439. The van der Waals surface area contributed by atoms with E-state index in [0.29, 0.717) is 12.2 Å². The van der Waals surface area contributed by atoms with Crippen LogP contribution in [0.5, 0.6) is 0 Å². The molecule has 0 aromatic heterocycles. The van der Waals surface area contributed by atoms with E-state index in [9.17, 15) is 4.79 Å². The normalized spacial score (nSPS) is 11.2. The predicted octanol–water partition coefficient (Wildman–Crippen LogP) is 3.35. The number of ketones is 1. The summed E-state index contributed by atoms with van der Waals surface area (Å²) in [7, 11) is 0. The van der Waals surface area contributed by atoms with Crippen molar-refractivity contribution in [3.8, 4) is 0 Å². The number of Topliss-reactive ketones (excluding diaryl/α,β-unsaturated/α-hetero) is 1. The molecule has 0 amide bonds. The number of carbonyl (C=O) groups is 1. The zero-order valence-corrected chi connectivity index (χ0v) is 8.52. The first kappa shape index (κ1) is 11.4. The van der Waals surface area contributed by atoms with Gasteiger partial charge in [-0.3, -0.25) is 0 Å². The van der Waals surface area contributed by atoms with E-state index in [1.54, 1.807) is 6.92 Å². The van der Waals surface area contributed by atoms with Crippen molar-refractivity contribution >= 4 is 5.78 Å². The van der Waals surface area contributed by atoms with E-state index in [1.165, 1.54) is 0 Å². The molecular formula is C11H20O. The average molecular weight is 168 g/mol. The Hall–Kier alpha value is -0.590. The Labute approximate surface area is 75.9 Å². The summed E-state index contributed by atoms with van der Waals surface area (Å²) in [5, 5.41) is 0. The van der Waals surface area contributed by atoms with Gasteiger partial charge in [0.1, 0.15) is 5.78 Å². The van der Waals surface area contributed by atoms with Crippen molar-refractivity contribution in [2.45, 2.75) is 46.5 Å². The van der Waals surface area contributed by atoms with Crippen molar-refractivity contribution in [2.75, 3.05) is 0 Å². The van der Waals surface area contributed by atoms with Gasteiger partial charge in [-0.05, 0) is 31.6 Å². The molecule has 0 heterocycles. The van der Waals surface area contributed by atoms with E-state index in [-0.39, 0.29) is 5.41 Å². The van der Waals surface area contributed by atoms with Gasteiger partial charge in [-0.25, -0.2) is 0 Å². The zero-order valence-electron chi connectivity index (χ0n) is 8.52. The number of carbonyl (C=O) groups excluding carboxylic acids is 1. The summed E-state index contributed by atoms with van der Waals surface area (Å²) < 4.78 is 0. The van der Waals surface area contributed by atoms with Crippen LogP contribution in [0.3, 0.4) is 0 Å². The molecule has 0 spiro atoms. The van der Waals surface area contributed by atoms with Gasteiger partial charge in [0, 0.05) is 6.42 Å². The van der Waals surface area contributed by atoms with Crippen molar-refractivity contribution < 1.29 is 4.79 Å². The third kappa shape index (κ3) is 6.14. The van der Waals surface area contributed by atoms with Gasteiger partial charge in [0.15, 0.2) is 0 Å². The van der Waals surface area contributed by atoms with E-state index in [2.05, 4.69) is 20.4 Å². The van der Waals surface area contributed by atoms with Crippen molar-refractivity contribution in [1.29, 1.82) is 0 Å². The van der Waals surface area contributed by atoms with Gasteiger partial charge in [-0.1, -0.05) is 19.9 Å². The minimum atomic E-state index is 0.175. The smallest absolute Gasteiger partial charge is 0.130 e. The Morgan fingerprint density at radius 1 is 1.50 bits per heavy atom. The van der Waals surface area contributed by atoms with Gasteiger partial charge in [0.2, 0.25) is 0 Å². The van der Waals surface area contributed by atoms with Crippen molar-refractivity contribution in [3.05, 3.63) is 12.7 Å². The zero-order chi connectivity index (χ0) is 9.61. The highest BCUT2D eigenvalue weighted by Crippen LogP contribution is 2.27. The molecule has 0 fully saturated rings. The minimum Gasteiger partial charge on any atom is -0.300 e. The van der Waals surface area contributed by atoms with Crippen molar-refractivity contribution in [2.24, 2.45) is 5.41 Å². The molecule has 0 aliphatic heterocycles. The monoisotopic (exact) mass is 168 g/mol. The minimum absolute atomic E-state index is 0.175. The molecular weight excluding hydrogens is 148 g/mol. The first-order chi connectivity index (χ1) is 5.48. The lowest BCUT2D eigenvalue weighted by Gasteiger charge is -2.22. The second kappa shape index (κ2) is 5.13. The maximum atomic E-state index is 10.9. The Balaban J connectivity index is 3.70. The van der Waals surface area contributed by atoms with Gasteiger partial charge >= 0.3 is 0 Å². The highest BCUT2D eigenvalue weighted by molar-refractivity contribution is 5.76. The molecule has 0 saturated carbocycles. The van der Waals surface area contributed by atoms with Crippen LogP contribution in [0.4, 0.5) is 0 Å². The van der Waals surface area contributed by atoms with E-state index in [1.807, 2.05) is 6.08 Å². The summed E-state index contributed by atoms with van der Waals surface area (Å²) in [4.78, 5) is 10.9. The van der Waals surface area contributed by atoms with Crippen molar-refractivity contribution in [1.82, 2.24) is 0 Å². The van der Waals surface area contributed by atoms with Crippen molar-refractivity contribution in [3.63, 3.8) is 0 Å². The van der Waals surface area contributed by atoms with E-state index in [0.717, 1.165) is 19.3 Å². The third-order valence-electron chi connectivity index (χ3n) is 1.99. The van der Waals surface area contributed by atoms with Gasteiger partial charge in [-0.2, -0.15) is 0 Å². The molecule has 1 heteroatoms. The Kier molecular flexibility index (Phi) is 4.87. The molecule has 0 aromatic carbocycles. The molecule has 0 aliphatic rings. The standard InChI is InChI=1S/C11H20O/c1-5-6-7-8-11(3,4)9-10(2)12/h5H,1,6-9H2,2-4H3. The topological polar surface area (TPSA) is 17.1 Å². The van der Waals surface area contributed by atoms with E-state index in [4.69, 9.17) is 0 Å². The summed E-state index contributed by atoms with van der Waals surface area (Å²) >= 11 is 0. The lowest BCUT2D eigenvalue weighted by Crippen LogP contribution is -2.15. The predicted molar refractivity (Wildman–Crippen MR) is 53.1 cm³/mol. The second-order valence-electron chi connectivity index (χ2n) is 4.22. The molecule has 0 saturated heterocycles. The first-order valence-electron chi connectivity index (χ1n) is 4.58. The highest BCUT2D eigenvalue weighted by atomic mass is 16.1. The average Bonchev–Trinajstić information content (AvgIpc) is 1.84. The highest BCUT2D eigenvalue weighted by Gasteiger charge is 2.18. The molecule has 0 aliphatic carbocycles. The maximum Gasteiger partial charge on any atom is 0.130 e. The fraction of sp³-hybridized carbons (Fsp3) is 0.727. The Morgan fingerprint density at radius 2 is 2.08 bits per heavy atom. The van der Waals surface area contributed by atoms with Gasteiger partial charge < -0.3 is 4.79 Å². The van der Waals surface area contributed by atoms with E-state index >= 15 is 0 Å². The molecule has 0 rings (SSSR count). The van der Waals surface area contributed by atoms with Crippen LogP contribution in [0, 0.1) is 5.41 Å². The lowest BCUT2D eigenvalue weighted by molar-refractivity contribution is -0.118. The summed E-state index contributed by atoms with van der Waals surface area (Å²) in [5.74, 6) is 0.290. The fourth-order valence-electron chi connectivity index (χ4n) is 1.49. The number of unbranched alkanes of at least 4 members (excludes halogenated alkanes) is 1. The molecule has 0 radical (unpaired) electrons. The molecule has 0 bridgehead atoms. The maximum absolute atomic E-state index is 10.9. The van der Waals surface area contributed by atoms with Gasteiger partial charge in [-0.15, -0.1) is 6.58 Å². The van der Waals surface area contributed by atoms with Crippen LogP contribution in [0.1, 0.15) is 46.5 Å². The molecule has 0 unspecified atom stereocenters. The van der Waals surface area contributed by atoms with Crippen LogP contribution in [-0.4, -0.2) is 5.78 Å². The summed E-state index contributed by atoms with van der Waals surface area (Å²) in [6.45, 7) is 9.64. The number of hydrogen-bond donors (Lipinski definition) is 0. The fourth-order valence-corrected chi connectivity index (χ4v) is 1.49. The molecule has 0 N–H and O–H groups in total. The molecule has 0 aromatic rings. The van der Waals surface area contributed by atoms with Crippen LogP contribution in [0.2, 0.25) is 0 Å². The number of allylic oxidation sites excluding steroid dienone is 1. The van der Waals surface area contributed by atoms with Crippen LogP contribution in [0.15, 0.2) is 12.7 Å². The summed E-state index contributed by atoms with van der Waals surface area (Å²) in [5.41, 5.74) is 0.175. The Bertz CT molecular complexity index is 156. The largest absolute Gasteiger partial charge is 0.300 e.